The molecular formula is C19H18F5N5O2S. The van der Waals surface area contributed by atoms with Gasteiger partial charge in [0.25, 0.3) is 5.89 Å². The Balaban J connectivity index is 1.64. The van der Waals surface area contributed by atoms with Crippen LogP contribution in [0.15, 0.2) is 51.9 Å². The normalized spacial score (nSPS) is 21.0. The molecule has 32 heavy (non-hydrogen) atoms. The van der Waals surface area contributed by atoms with Crippen LogP contribution < -0.4 is 10.6 Å². The van der Waals surface area contributed by atoms with E-state index < -0.39 is 20.5 Å². The summed E-state index contributed by atoms with van der Waals surface area (Å²) >= 11 is 0. The van der Waals surface area contributed by atoms with E-state index in [9.17, 15) is 24.2 Å². The van der Waals surface area contributed by atoms with E-state index in [4.69, 9.17) is 4.42 Å². The minimum Gasteiger partial charge on any atom is -0.419 e. The molecule has 3 aromatic rings. The van der Waals surface area contributed by atoms with Crippen molar-refractivity contribution in [2.75, 3.05) is 11.9 Å². The predicted octanol–water partition coefficient (Wildman–Crippen LogP) is 5.70. The van der Waals surface area contributed by atoms with Gasteiger partial charge >= 0.3 is 10.2 Å². The number of benzene rings is 1. The first kappa shape index (κ1) is 22.0. The number of hydrogen-bond acceptors (Lipinski definition) is 6. The second-order valence-corrected chi connectivity index (χ2v) is 9.78. The van der Waals surface area contributed by atoms with Crippen molar-refractivity contribution in [2.45, 2.75) is 30.1 Å². The van der Waals surface area contributed by atoms with Gasteiger partial charge in [-0.3, -0.25) is 4.79 Å². The Labute approximate surface area is 179 Å². The van der Waals surface area contributed by atoms with Gasteiger partial charge in [0, 0.05) is 18.4 Å². The largest absolute Gasteiger partial charge is 0.419 e. The van der Waals surface area contributed by atoms with Gasteiger partial charge in [0.05, 0.1) is 5.56 Å². The molecule has 13 heteroatoms. The molecule has 1 saturated heterocycles. The Bertz CT molecular complexity index is 1180. The first-order valence-electron chi connectivity index (χ1n) is 9.51. The lowest BCUT2D eigenvalue weighted by atomic mass is 9.83. The van der Waals surface area contributed by atoms with E-state index >= 15 is 0 Å². The summed E-state index contributed by atoms with van der Waals surface area (Å²) in [6, 6.07) is 5.53. The highest BCUT2D eigenvalue weighted by Gasteiger charge is 2.65. The third-order valence-corrected chi connectivity index (χ3v) is 6.47. The van der Waals surface area contributed by atoms with Gasteiger partial charge in [0.1, 0.15) is 16.1 Å². The molecule has 1 unspecified atom stereocenters. The van der Waals surface area contributed by atoms with Gasteiger partial charge in [-0.05, 0) is 49.2 Å². The summed E-state index contributed by atoms with van der Waals surface area (Å²) in [5.41, 5.74) is -0.509. The van der Waals surface area contributed by atoms with Crippen LogP contribution in [0, 0.1) is 0 Å². The van der Waals surface area contributed by atoms with Crippen molar-refractivity contribution in [1.29, 1.82) is 0 Å². The molecule has 1 fully saturated rings. The number of pyridine rings is 1. The molecule has 0 bridgehead atoms. The maximum atomic E-state index is 12.9. The zero-order valence-electron chi connectivity index (χ0n) is 16.6. The number of halogens is 5. The Hall–Kier alpha value is -3.22. The number of carbonyl (C=O) groups excluding carboxylic acids is 1. The first-order chi connectivity index (χ1) is 14.8. The Morgan fingerprint density at radius 2 is 1.84 bits per heavy atom. The summed E-state index contributed by atoms with van der Waals surface area (Å²) in [5.74, 6) is 0.153. The van der Waals surface area contributed by atoms with Crippen LogP contribution in [-0.4, -0.2) is 27.6 Å². The van der Waals surface area contributed by atoms with Gasteiger partial charge < -0.3 is 15.1 Å². The minimum absolute atomic E-state index is 0.0479. The van der Waals surface area contributed by atoms with E-state index in [0.717, 1.165) is 12.1 Å². The number of aromatic nitrogens is 3. The van der Waals surface area contributed by atoms with Crippen LogP contribution in [0.2, 0.25) is 0 Å². The molecule has 3 heterocycles. The van der Waals surface area contributed by atoms with Gasteiger partial charge in [-0.25, -0.2) is 4.98 Å². The monoisotopic (exact) mass is 475 g/mol. The minimum atomic E-state index is -9.76. The number of anilines is 2. The van der Waals surface area contributed by atoms with E-state index in [1.165, 1.54) is 6.20 Å². The van der Waals surface area contributed by atoms with E-state index in [1.807, 2.05) is 6.92 Å². The fraction of sp³-hybridized carbons (Fsp3) is 0.263. The van der Waals surface area contributed by atoms with Crippen LogP contribution in [-0.2, 0) is 10.2 Å². The molecule has 2 aromatic heterocycles. The van der Waals surface area contributed by atoms with Crippen molar-refractivity contribution in [3.63, 3.8) is 0 Å². The maximum absolute atomic E-state index is 12.9. The summed E-state index contributed by atoms with van der Waals surface area (Å²) < 4.78 is 70.4. The molecule has 1 aliphatic rings. The average Bonchev–Trinajstić information content (AvgIpc) is 3.34. The van der Waals surface area contributed by atoms with Crippen molar-refractivity contribution in [1.82, 2.24) is 20.5 Å². The summed E-state index contributed by atoms with van der Waals surface area (Å²) in [6.45, 7) is 2.32. The molecule has 0 aliphatic carbocycles. The summed E-state index contributed by atoms with van der Waals surface area (Å²) in [5, 5.41) is 13.6. The van der Waals surface area contributed by atoms with Gasteiger partial charge in [-0.1, -0.05) is 26.4 Å². The maximum Gasteiger partial charge on any atom is 0.310 e. The summed E-state index contributed by atoms with van der Waals surface area (Å²) in [4.78, 5) is 14.5. The number of nitrogens with one attached hydrogen (secondary N) is 2. The zero-order chi connectivity index (χ0) is 23.3. The SMILES string of the molecule is CCC1(c2nnc(-c3cccnc3Nc3ccc(S(F)(F)(F)(F)F)cc3)o2)CCNC1=O. The highest BCUT2D eigenvalue weighted by molar-refractivity contribution is 8.45. The van der Waals surface area contributed by atoms with Crippen molar-refractivity contribution >= 4 is 27.6 Å². The molecule has 0 spiro atoms. The summed E-state index contributed by atoms with van der Waals surface area (Å²) in [7, 11) is -9.76. The van der Waals surface area contributed by atoms with Crippen LogP contribution in [0.25, 0.3) is 11.5 Å². The Morgan fingerprint density at radius 1 is 1.12 bits per heavy atom. The van der Waals surface area contributed by atoms with E-state index in [-0.39, 0.29) is 29.2 Å². The van der Waals surface area contributed by atoms with Gasteiger partial charge in [0.2, 0.25) is 11.8 Å². The first-order valence-corrected chi connectivity index (χ1v) is 11.5. The lowest BCUT2D eigenvalue weighted by Gasteiger charge is -2.40. The molecule has 1 amide bonds. The molecular weight excluding hydrogens is 457 g/mol. The Kier molecular flexibility index (Phi) is 4.56. The summed E-state index contributed by atoms with van der Waals surface area (Å²) in [6.07, 6.45) is 2.38. The van der Waals surface area contributed by atoms with Crippen LogP contribution in [0.1, 0.15) is 25.7 Å². The molecule has 0 radical (unpaired) electrons. The van der Waals surface area contributed by atoms with Crippen molar-refractivity contribution < 1.29 is 28.6 Å². The van der Waals surface area contributed by atoms with Crippen LogP contribution in [0.5, 0.6) is 0 Å². The second kappa shape index (κ2) is 6.64. The standard InChI is InChI=1S/C19H18F5N5O2S/c1-2-19(9-11-26-17(19)30)18-29-28-16(31-18)14-4-3-10-25-15(14)27-12-5-7-13(8-6-12)32(20,21,22,23)24/h3-8,10H,2,9,11H2,1H3,(H,25,27)(H,26,30). The smallest absolute Gasteiger partial charge is 0.310 e. The molecule has 1 aromatic carbocycles. The van der Waals surface area contributed by atoms with Crippen molar-refractivity contribution in [3.05, 3.63) is 48.5 Å². The van der Waals surface area contributed by atoms with Gasteiger partial charge in [-0.15, -0.1) is 10.2 Å². The molecule has 2 N–H and O–H groups in total. The highest BCUT2D eigenvalue weighted by Crippen LogP contribution is 3.02. The fourth-order valence-electron chi connectivity index (χ4n) is 3.50. The van der Waals surface area contributed by atoms with E-state index in [1.54, 1.807) is 12.1 Å². The number of nitrogens with zero attached hydrogens (tertiary/aromatic N) is 3. The van der Waals surface area contributed by atoms with Crippen molar-refractivity contribution in [2.24, 2.45) is 0 Å². The lowest BCUT2D eigenvalue weighted by molar-refractivity contribution is -0.124. The molecule has 1 aliphatic heterocycles. The Morgan fingerprint density at radius 3 is 2.44 bits per heavy atom. The molecule has 1 atom stereocenters. The van der Waals surface area contributed by atoms with E-state index in [0.29, 0.717) is 37.1 Å². The van der Waals surface area contributed by atoms with Gasteiger partial charge in [0.15, 0.2) is 0 Å². The third kappa shape index (κ3) is 3.99. The zero-order valence-corrected chi connectivity index (χ0v) is 17.4. The second-order valence-electron chi connectivity index (χ2n) is 7.37. The van der Waals surface area contributed by atoms with Crippen LogP contribution >= 0.6 is 10.2 Å². The van der Waals surface area contributed by atoms with E-state index in [2.05, 4.69) is 25.8 Å². The molecule has 0 saturated carbocycles. The fourth-order valence-corrected chi connectivity index (χ4v) is 4.15. The molecule has 172 valence electrons. The number of hydrogen-bond donors (Lipinski definition) is 2. The molecule has 7 nitrogen and oxygen atoms in total. The van der Waals surface area contributed by atoms with Gasteiger partial charge in [-0.2, -0.15) is 0 Å². The highest BCUT2D eigenvalue weighted by atomic mass is 32.5. The number of rotatable bonds is 6. The predicted molar refractivity (Wildman–Crippen MR) is 108 cm³/mol. The topological polar surface area (TPSA) is 92.9 Å². The average molecular weight is 475 g/mol. The molecule has 4 rings (SSSR count). The quantitative estimate of drug-likeness (QED) is 0.445. The van der Waals surface area contributed by atoms with Crippen molar-refractivity contribution in [3.8, 4) is 11.5 Å². The lowest BCUT2D eigenvalue weighted by Crippen LogP contribution is -2.35. The van der Waals surface area contributed by atoms with Crippen LogP contribution in [0.3, 0.4) is 0 Å². The number of carbonyl (C=O) groups is 1. The third-order valence-electron chi connectivity index (χ3n) is 5.31. The van der Waals surface area contributed by atoms with Crippen LogP contribution in [0.4, 0.5) is 30.9 Å². The number of amides is 1.